The van der Waals surface area contributed by atoms with Crippen molar-refractivity contribution in [1.29, 1.82) is 0 Å². The number of ether oxygens (including phenoxy) is 5. The topological polar surface area (TPSA) is 190 Å². The van der Waals surface area contributed by atoms with Crippen molar-refractivity contribution in [3.05, 3.63) is 284 Å². The number of nitrogens with one attached hydrogen (secondary N) is 1. The number of aliphatic hydroxyl groups excluding tert-OH is 1. The molecule has 2 unspecified atom stereocenters. The molecule has 5 aliphatic carbocycles. The minimum Gasteiger partial charge on any atom is -1.00 e. The number of nitrogens with zero attached hydrogens (tertiary/aromatic N) is 8. The summed E-state index contributed by atoms with van der Waals surface area (Å²) in [6, 6.07) is 58.8. The number of rotatable bonds is 7. The Hall–Kier alpha value is -8.64. The van der Waals surface area contributed by atoms with Crippen LogP contribution in [0, 0.1) is 82.4 Å². The third-order valence-corrected chi connectivity index (χ3v) is 31.2. The first-order chi connectivity index (χ1) is 66.7. The number of hydrogen-bond donors (Lipinski definition) is 2. The van der Waals surface area contributed by atoms with Crippen LogP contribution < -0.4 is 24.2 Å². The molecule has 23 rings (SSSR count). The van der Waals surface area contributed by atoms with Crippen LogP contribution in [0.2, 0.25) is 0 Å². The normalized spacial score (nSPS) is 27.8. The minimum atomic E-state index is -0.460. The summed E-state index contributed by atoms with van der Waals surface area (Å²) in [7, 11) is 8.57. The molecule has 3 radical (unpaired) electrons. The number of carbonyl (C=O) groups is 5. The summed E-state index contributed by atoms with van der Waals surface area (Å²) < 4.78 is 92.2. The number of aliphatic hydroxyl groups is 1. The molecule has 8 aromatic carbocycles. The SMILES string of the molecule is C.C1CCOC1.CC(C)(C)OC(=O)N1C[C@@H]2CCC(=O)[C@@H]2C1.CN1C[C@@H]2CCC(O)[C@@H]2C1.CN1C[C@@H]2CC[C@H](OC(=O)N3CCc4ccccc4[C@@H]3c3ccc(F)cc3)[C@@H]2C1.CN1C[C@H]2CCC(OC(=O)N3CCc4ccccc4[C@@H]3c3ccc(F)cc3)[C@H]2C1.CN1C[C@H]2CC[C@@H](OC(=O)N3CCc4ccccc4[C@@H]3c3ccc(F)cc3)[C@H]2C1.CSF.Fc1ccc([C@@H]2NCCc3ccccc32)cc1.[Al].[H-].[Li+]. The Morgan fingerprint density at radius 3 is 1.08 bits per heavy atom. The predicted molar refractivity (Wildman–Crippen MR) is 541 cm³/mol. The number of amides is 4. The molecule has 10 aliphatic heterocycles. The second-order valence-electron chi connectivity index (χ2n) is 41.6. The van der Waals surface area contributed by atoms with E-state index >= 15 is 0 Å². The third-order valence-electron chi connectivity index (χ3n) is 31.2. The molecule has 11 fully saturated rings. The van der Waals surface area contributed by atoms with Crippen molar-refractivity contribution in [1.82, 2.24) is 44.5 Å². The number of likely N-dealkylation sites (tertiary alicyclic amines) is 5. The van der Waals surface area contributed by atoms with Gasteiger partial charge in [0.05, 0.1) is 30.3 Å². The molecule has 15 aliphatic rings. The summed E-state index contributed by atoms with van der Waals surface area (Å²) in [5.74, 6) is 4.47. The van der Waals surface area contributed by atoms with Crippen molar-refractivity contribution >= 4 is 59.7 Å². The first-order valence-electron chi connectivity index (χ1n) is 50.3. The van der Waals surface area contributed by atoms with Crippen LogP contribution in [0.1, 0.15) is 198 Å². The molecule has 141 heavy (non-hydrogen) atoms. The Balaban J connectivity index is 0.000000153. The molecule has 28 heteroatoms. The van der Waals surface area contributed by atoms with Gasteiger partial charge in [-0.3, -0.25) is 19.5 Å². The number of benzene rings is 8. The van der Waals surface area contributed by atoms with Crippen LogP contribution in [-0.4, -0.2) is 261 Å². The molecule has 20 nitrogen and oxygen atoms in total. The van der Waals surface area contributed by atoms with Gasteiger partial charge in [-0.05, 0) is 290 Å². The van der Waals surface area contributed by atoms with E-state index < -0.39 is 5.60 Å². The third kappa shape index (κ3) is 27.4. The van der Waals surface area contributed by atoms with Crippen LogP contribution in [0.5, 0.6) is 0 Å². The van der Waals surface area contributed by atoms with Gasteiger partial charge in [-0.1, -0.05) is 153 Å². The van der Waals surface area contributed by atoms with Crippen LogP contribution >= 0.6 is 12.1 Å². The van der Waals surface area contributed by atoms with E-state index in [0.29, 0.717) is 92.3 Å². The van der Waals surface area contributed by atoms with E-state index in [2.05, 4.69) is 114 Å². The first kappa shape index (κ1) is 110. The monoisotopic (exact) mass is 1970 g/mol. The average molecular weight is 1970 g/mol. The van der Waals surface area contributed by atoms with Gasteiger partial charge in [-0.25, -0.2) is 36.7 Å². The second-order valence-corrected chi connectivity index (χ2v) is 41.9. The molecule has 0 spiro atoms. The summed E-state index contributed by atoms with van der Waals surface area (Å²) in [5, 5.41) is 13.0. The zero-order valence-corrected chi connectivity index (χ0v) is 84.9. The van der Waals surface area contributed by atoms with Crippen LogP contribution in [0.4, 0.5) is 40.6 Å². The van der Waals surface area contributed by atoms with Crippen molar-refractivity contribution in [2.24, 2.45) is 59.2 Å². The van der Waals surface area contributed by atoms with Gasteiger partial charge in [0, 0.05) is 177 Å². The van der Waals surface area contributed by atoms with Gasteiger partial charge in [0.1, 0.15) is 53.0 Å². The second kappa shape index (κ2) is 50.9. The van der Waals surface area contributed by atoms with Gasteiger partial charge in [-0.2, -0.15) is 3.89 Å². The Bertz CT molecular complexity index is 5040. The van der Waals surface area contributed by atoms with Gasteiger partial charge in [0.15, 0.2) is 0 Å². The molecule has 18 atom stereocenters. The van der Waals surface area contributed by atoms with Crippen LogP contribution in [0.15, 0.2) is 194 Å². The van der Waals surface area contributed by atoms with Crippen molar-refractivity contribution < 1.29 is 94.5 Å². The molecule has 753 valence electrons. The maximum Gasteiger partial charge on any atom is 1.00 e. The maximum absolute atomic E-state index is 13.5. The zero-order valence-electron chi connectivity index (χ0n) is 84.0. The van der Waals surface area contributed by atoms with Crippen molar-refractivity contribution in [2.45, 2.75) is 185 Å². The van der Waals surface area contributed by atoms with Gasteiger partial charge in [0.25, 0.3) is 0 Å². The summed E-state index contributed by atoms with van der Waals surface area (Å²) in [6.07, 6.45) is 16.6. The summed E-state index contributed by atoms with van der Waals surface area (Å²) >= 11 is 0.250. The minimum absolute atomic E-state index is 0. The molecule has 0 aromatic heterocycles. The zero-order chi connectivity index (χ0) is 96.8. The molecule has 10 heterocycles. The number of Topliss-reactive ketones (excluding diaryl/α,β-unsaturated/α-hetero) is 1. The number of ketones is 1. The fourth-order valence-electron chi connectivity index (χ4n) is 24.6. The van der Waals surface area contributed by atoms with E-state index in [1.54, 1.807) is 41.3 Å². The molecule has 5 saturated carbocycles. The Labute approximate surface area is 860 Å². The van der Waals surface area contributed by atoms with Crippen molar-refractivity contribution in [2.75, 3.05) is 139 Å². The number of fused-ring (bicyclic) bond motifs is 9. The summed E-state index contributed by atoms with van der Waals surface area (Å²) in [4.78, 5) is 79.8. The standard InChI is InChI=1S/3C24H27FN2O2.C15H14FN.C12H19NO3.C8H15NO.C4H8O.CH3FS.CH4.Al.Li.H/c3*1-26-14-18-8-11-22(21(18)15-26)29-24(28)27-13-12-16-4-2-3-5-20(16)23(27)17-6-9-19(25)10-7-17;16-13-7-5-12(6-8-13)15-14-4-2-1-3-11(14)9-10-17-15;1-12(2,3)16-11(15)13-6-8-4-5-10(14)9(8)7-13;1-9-4-6-2-3-8(10)7(6)5-9;1-2-4-5-3-1;1-3-2;;;;/h3*2-7,9-10,18,21-23H,8,11-15H2,1H3;1-8,15,17H,9-10H2;8-9H,4-7H2,1-3H3;6-8,10H,2-5H2,1H3;1-4H2;1H3;1H4;;;/q;;;;;;;;;;+1;-1/t18-,21+,22?,23+;18-,21+,22-,23+;18-,21+,22-,23-;15-;8-,9+;6-,7+,8?;;;;;;/m110000....../s1. The number of hydrogen-bond acceptors (Lipinski definition) is 17. The summed E-state index contributed by atoms with van der Waals surface area (Å²) in [5.41, 5.74) is 13.1. The fourth-order valence-corrected chi connectivity index (χ4v) is 24.6. The quantitative estimate of drug-likeness (QED) is 0.0870. The smallest absolute Gasteiger partial charge is 1.00 e. The van der Waals surface area contributed by atoms with Gasteiger partial charge in [-0.15, -0.1) is 0 Å². The van der Waals surface area contributed by atoms with E-state index in [-0.39, 0.29) is 159 Å². The van der Waals surface area contributed by atoms with Gasteiger partial charge in [0.2, 0.25) is 0 Å². The Morgan fingerprint density at radius 1 is 0.411 bits per heavy atom. The fraction of sp³-hybridized carbons (Fsp3) is 0.531. The first-order valence-corrected chi connectivity index (χ1v) is 51.5. The van der Waals surface area contributed by atoms with E-state index in [0.717, 1.165) is 187 Å². The van der Waals surface area contributed by atoms with Crippen LogP contribution in [-0.2, 0) is 54.2 Å². The predicted octanol–water partition coefficient (Wildman–Crippen LogP) is 17.4. The maximum atomic E-state index is 13.5. The number of carbonyl (C=O) groups excluding carboxylic acids is 5. The van der Waals surface area contributed by atoms with Gasteiger partial charge < -0.3 is 60.0 Å². The molecule has 8 aromatic rings. The Kier molecular flexibility index (Phi) is 39.6. The molecule has 4 amide bonds. The van der Waals surface area contributed by atoms with E-state index in [4.69, 9.17) is 23.7 Å². The molecular weight excluding hydrogens is 1820 g/mol. The largest absolute Gasteiger partial charge is 1.00 e. The average Bonchev–Trinajstić information content (AvgIpc) is 0.953. The molecular formula is C113H145AlF5LiN9O11S. The molecule has 6 saturated heterocycles. The van der Waals surface area contributed by atoms with Crippen LogP contribution in [0.25, 0.3) is 0 Å². The Morgan fingerprint density at radius 2 is 0.738 bits per heavy atom. The van der Waals surface area contributed by atoms with Crippen molar-refractivity contribution in [3.63, 3.8) is 0 Å². The van der Waals surface area contributed by atoms with Crippen LogP contribution in [0.3, 0.4) is 0 Å². The molecule has 0 bridgehead atoms. The summed E-state index contributed by atoms with van der Waals surface area (Å²) in [6.45, 7) is 20.3. The van der Waals surface area contributed by atoms with Crippen molar-refractivity contribution in [3.8, 4) is 0 Å². The molecule has 2 N–H and O–H groups in total. The van der Waals surface area contributed by atoms with E-state index in [1.165, 1.54) is 108 Å². The number of halogens is 5. The van der Waals surface area contributed by atoms with Gasteiger partial charge >= 0.3 is 43.2 Å². The van der Waals surface area contributed by atoms with E-state index in [1.807, 2.05) is 84.0 Å². The van der Waals surface area contributed by atoms with E-state index in [9.17, 15) is 50.5 Å².